The Morgan fingerprint density at radius 1 is 1.38 bits per heavy atom. The molecule has 1 heterocycles. The third kappa shape index (κ3) is 2.11. The average Bonchev–Trinajstić information content (AvgIpc) is 2.65. The van der Waals surface area contributed by atoms with Crippen LogP contribution in [0.4, 0.5) is 16.4 Å². The van der Waals surface area contributed by atoms with Crippen molar-refractivity contribution in [3.05, 3.63) is 30.3 Å². The molecule has 2 aromatic rings. The third-order valence-corrected chi connectivity index (χ3v) is 1.96. The SMILES string of the molecule is Nc1cc(-c2ccc(NC(=O)O)cc2)no1. The van der Waals surface area contributed by atoms with Crippen LogP contribution in [0.2, 0.25) is 0 Å². The van der Waals surface area contributed by atoms with E-state index in [-0.39, 0.29) is 5.88 Å². The number of hydrogen-bond donors (Lipinski definition) is 3. The number of hydrogen-bond acceptors (Lipinski definition) is 4. The fourth-order valence-electron chi connectivity index (χ4n) is 1.27. The summed E-state index contributed by atoms with van der Waals surface area (Å²) in [6.45, 7) is 0. The molecular weight excluding hydrogens is 210 g/mol. The van der Waals surface area contributed by atoms with E-state index < -0.39 is 6.09 Å². The fraction of sp³-hybridized carbons (Fsp3) is 0. The number of anilines is 2. The second kappa shape index (κ2) is 3.93. The molecule has 0 fully saturated rings. The summed E-state index contributed by atoms with van der Waals surface area (Å²) in [7, 11) is 0. The van der Waals surface area contributed by atoms with Crippen molar-refractivity contribution in [1.29, 1.82) is 0 Å². The minimum atomic E-state index is -1.10. The van der Waals surface area contributed by atoms with E-state index in [2.05, 4.69) is 10.5 Å². The van der Waals surface area contributed by atoms with Crippen LogP contribution >= 0.6 is 0 Å². The summed E-state index contributed by atoms with van der Waals surface area (Å²) in [6, 6.07) is 8.31. The van der Waals surface area contributed by atoms with Gasteiger partial charge in [-0.1, -0.05) is 17.3 Å². The smallest absolute Gasteiger partial charge is 0.409 e. The van der Waals surface area contributed by atoms with E-state index in [0.29, 0.717) is 11.4 Å². The Morgan fingerprint density at radius 2 is 2.06 bits per heavy atom. The molecule has 1 amide bonds. The van der Waals surface area contributed by atoms with E-state index in [1.165, 1.54) is 0 Å². The number of benzene rings is 1. The van der Waals surface area contributed by atoms with Crippen molar-refractivity contribution < 1.29 is 14.4 Å². The number of nitrogens with one attached hydrogen (secondary N) is 1. The van der Waals surface area contributed by atoms with Gasteiger partial charge in [0.2, 0.25) is 5.88 Å². The molecule has 0 spiro atoms. The average molecular weight is 219 g/mol. The molecule has 6 heteroatoms. The van der Waals surface area contributed by atoms with E-state index in [4.69, 9.17) is 15.4 Å². The summed E-state index contributed by atoms with van der Waals surface area (Å²) in [5.41, 5.74) is 7.30. The first-order valence-corrected chi connectivity index (χ1v) is 4.48. The maximum absolute atomic E-state index is 10.4. The Labute approximate surface area is 90.7 Å². The van der Waals surface area contributed by atoms with Crippen molar-refractivity contribution in [1.82, 2.24) is 5.16 Å². The molecule has 0 saturated carbocycles. The van der Waals surface area contributed by atoms with Crippen molar-refractivity contribution >= 4 is 17.7 Å². The first kappa shape index (κ1) is 10.0. The molecule has 0 atom stereocenters. The van der Waals surface area contributed by atoms with Crippen LogP contribution in [-0.2, 0) is 0 Å². The number of nitrogens with two attached hydrogens (primary N) is 1. The van der Waals surface area contributed by atoms with E-state index >= 15 is 0 Å². The molecule has 0 radical (unpaired) electrons. The largest absolute Gasteiger partial charge is 0.465 e. The van der Waals surface area contributed by atoms with E-state index in [1.54, 1.807) is 30.3 Å². The number of aromatic nitrogens is 1. The van der Waals surface area contributed by atoms with Gasteiger partial charge < -0.3 is 15.4 Å². The highest BCUT2D eigenvalue weighted by Crippen LogP contribution is 2.21. The Balaban J connectivity index is 2.22. The summed E-state index contributed by atoms with van der Waals surface area (Å²) in [5.74, 6) is 0.239. The number of rotatable bonds is 2. The number of amides is 1. The minimum absolute atomic E-state index is 0.239. The van der Waals surface area contributed by atoms with Crippen LogP contribution in [0.25, 0.3) is 11.3 Å². The van der Waals surface area contributed by atoms with Crippen LogP contribution in [-0.4, -0.2) is 16.4 Å². The molecule has 0 saturated heterocycles. The molecule has 0 aliphatic carbocycles. The van der Waals surface area contributed by atoms with Gasteiger partial charge in [0, 0.05) is 17.3 Å². The van der Waals surface area contributed by atoms with E-state index in [0.717, 1.165) is 5.56 Å². The van der Waals surface area contributed by atoms with Crippen molar-refractivity contribution in [3.8, 4) is 11.3 Å². The third-order valence-electron chi connectivity index (χ3n) is 1.96. The lowest BCUT2D eigenvalue weighted by molar-refractivity contribution is 0.210. The van der Waals surface area contributed by atoms with Gasteiger partial charge in [-0.05, 0) is 12.1 Å². The highest BCUT2D eigenvalue weighted by atomic mass is 16.5. The lowest BCUT2D eigenvalue weighted by Crippen LogP contribution is -2.06. The quantitative estimate of drug-likeness (QED) is 0.717. The minimum Gasteiger partial charge on any atom is -0.465 e. The van der Waals surface area contributed by atoms with Gasteiger partial charge in [-0.3, -0.25) is 5.32 Å². The highest BCUT2D eigenvalue weighted by Gasteiger charge is 2.04. The number of nitrogen functional groups attached to an aromatic ring is 1. The molecule has 16 heavy (non-hydrogen) atoms. The second-order valence-electron chi connectivity index (χ2n) is 3.12. The Kier molecular flexibility index (Phi) is 2.47. The molecule has 1 aromatic carbocycles. The standard InChI is InChI=1S/C10H9N3O3/c11-9-5-8(13-16-9)6-1-3-7(4-2-6)12-10(14)15/h1-5,12H,11H2,(H,14,15). The zero-order valence-corrected chi connectivity index (χ0v) is 8.18. The van der Waals surface area contributed by atoms with Gasteiger partial charge in [-0.25, -0.2) is 4.79 Å². The molecule has 0 bridgehead atoms. The summed E-state index contributed by atoms with van der Waals surface area (Å²) >= 11 is 0. The van der Waals surface area contributed by atoms with Crippen LogP contribution in [0.15, 0.2) is 34.9 Å². The molecule has 2 rings (SSSR count). The highest BCUT2D eigenvalue weighted by molar-refractivity contribution is 5.83. The van der Waals surface area contributed by atoms with Crippen LogP contribution in [0.3, 0.4) is 0 Å². The first-order valence-electron chi connectivity index (χ1n) is 4.48. The Bertz CT molecular complexity index is 504. The van der Waals surface area contributed by atoms with Crippen molar-refractivity contribution in [2.75, 3.05) is 11.1 Å². The van der Waals surface area contributed by atoms with Crippen molar-refractivity contribution in [2.45, 2.75) is 0 Å². The first-order chi connectivity index (χ1) is 7.65. The van der Waals surface area contributed by atoms with Gasteiger partial charge in [0.05, 0.1) is 0 Å². The number of carboxylic acid groups (broad SMARTS) is 1. The lowest BCUT2D eigenvalue weighted by atomic mass is 10.1. The van der Waals surface area contributed by atoms with Gasteiger partial charge in [0.25, 0.3) is 0 Å². The molecular formula is C10H9N3O3. The molecule has 0 aliphatic heterocycles. The van der Waals surface area contributed by atoms with E-state index in [9.17, 15) is 4.79 Å². The predicted octanol–water partition coefficient (Wildman–Crippen LogP) is 2.01. The normalized spacial score (nSPS) is 10.0. The van der Waals surface area contributed by atoms with Crippen LogP contribution in [0.1, 0.15) is 0 Å². The predicted molar refractivity (Wildman–Crippen MR) is 58.0 cm³/mol. The topological polar surface area (TPSA) is 101 Å². The number of nitrogens with zero attached hydrogens (tertiary/aromatic N) is 1. The number of carbonyl (C=O) groups is 1. The monoisotopic (exact) mass is 219 g/mol. The maximum atomic E-state index is 10.4. The molecule has 1 aromatic heterocycles. The van der Waals surface area contributed by atoms with Crippen molar-refractivity contribution in [2.24, 2.45) is 0 Å². The fourth-order valence-corrected chi connectivity index (χ4v) is 1.27. The summed E-state index contributed by atoms with van der Waals surface area (Å²) in [6.07, 6.45) is -1.10. The van der Waals surface area contributed by atoms with Crippen molar-refractivity contribution in [3.63, 3.8) is 0 Å². The zero-order valence-electron chi connectivity index (χ0n) is 8.18. The Hall–Kier alpha value is -2.50. The molecule has 0 aliphatic rings. The van der Waals surface area contributed by atoms with Crippen LogP contribution in [0, 0.1) is 0 Å². The summed E-state index contributed by atoms with van der Waals surface area (Å²) in [4.78, 5) is 10.4. The molecule has 82 valence electrons. The van der Waals surface area contributed by atoms with Crippen LogP contribution < -0.4 is 11.1 Å². The van der Waals surface area contributed by atoms with Gasteiger partial charge in [0.1, 0.15) is 5.69 Å². The lowest BCUT2D eigenvalue weighted by Gasteiger charge is -2.00. The zero-order chi connectivity index (χ0) is 11.5. The van der Waals surface area contributed by atoms with Gasteiger partial charge in [-0.2, -0.15) is 0 Å². The second-order valence-corrected chi connectivity index (χ2v) is 3.12. The van der Waals surface area contributed by atoms with Gasteiger partial charge >= 0.3 is 6.09 Å². The van der Waals surface area contributed by atoms with Crippen LogP contribution in [0.5, 0.6) is 0 Å². The molecule has 0 unspecified atom stereocenters. The Morgan fingerprint density at radius 3 is 2.56 bits per heavy atom. The van der Waals surface area contributed by atoms with Gasteiger partial charge in [-0.15, -0.1) is 0 Å². The maximum Gasteiger partial charge on any atom is 0.409 e. The molecule has 6 nitrogen and oxygen atoms in total. The van der Waals surface area contributed by atoms with Gasteiger partial charge in [0.15, 0.2) is 0 Å². The molecule has 4 N–H and O–H groups in total. The summed E-state index contributed by atoms with van der Waals surface area (Å²) in [5, 5.41) is 14.5. The summed E-state index contributed by atoms with van der Waals surface area (Å²) < 4.78 is 4.73. The van der Waals surface area contributed by atoms with E-state index in [1.807, 2.05) is 0 Å².